The third-order valence-corrected chi connectivity index (χ3v) is 5.48. The van der Waals surface area contributed by atoms with E-state index in [2.05, 4.69) is 22.6 Å². The minimum absolute atomic E-state index is 0.313. The fourth-order valence-corrected chi connectivity index (χ4v) is 3.69. The molecule has 1 atom stereocenters. The second kappa shape index (κ2) is 10.0. The summed E-state index contributed by atoms with van der Waals surface area (Å²) in [6, 6.07) is 27.4. The number of aliphatic imine (C=N–C) groups is 1. The third kappa shape index (κ3) is 6.26. The summed E-state index contributed by atoms with van der Waals surface area (Å²) in [5.41, 5.74) is 3.24. The van der Waals surface area contributed by atoms with Crippen LogP contribution in [0.5, 0.6) is 0 Å². The second-order valence-electron chi connectivity index (χ2n) is 8.05. The van der Waals surface area contributed by atoms with E-state index in [1.807, 2.05) is 106 Å². The Morgan fingerprint density at radius 3 is 1.87 bits per heavy atom. The monoisotopic (exact) mass is 511 g/mol. The van der Waals surface area contributed by atoms with E-state index in [4.69, 9.17) is 9.73 Å². The van der Waals surface area contributed by atoms with Gasteiger partial charge in [0.1, 0.15) is 5.60 Å². The Bertz CT molecular complexity index is 966. The summed E-state index contributed by atoms with van der Waals surface area (Å²) in [5.74, 6) is -0.313. The first-order valence-electron chi connectivity index (χ1n) is 9.98. The predicted molar refractivity (Wildman–Crippen MR) is 131 cm³/mol. The number of rotatable bonds is 6. The smallest absolute Gasteiger partial charge is 0.331 e. The van der Waals surface area contributed by atoms with Gasteiger partial charge in [0.2, 0.25) is 0 Å². The first kappa shape index (κ1) is 22.2. The van der Waals surface area contributed by atoms with Gasteiger partial charge in [-0.05, 0) is 55.0 Å². The number of hydrogen-bond donors (Lipinski definition) is 0. The summed E-state index contributed by atoms with van der Waals surface area (Å²) in [7, 11) is 0. The molecule has 0 fully saturated rings. The highest BCUT2D eigenvalue weighted by atomic mass is 127. The van der Waals surface area contributed by atoms with Crippen LogP contribution < -0.4 is 0 Å². The average Bonchev–Trinajstić information content (AvgIpc) is 2.72. The van der Waals surface area contributed by atoms with Crippen molar-refractivity contribution in [2.24, 2.45) is 4.99 Å². The maximum absolute atomic E-state index is 13.1. The molecule has 0 aliphatic carbocycles. The third-order valence-electron chi connectivity index (χ3n) is 4.43. The van der Waals surface area contributed by atoms with E-state index < -0.39 is 11.6 Å². The van der Waals surface area contributed by atoms with Gasteiger partial charge in [-0.25, -0.2) is 4.79 Å². The molecule has 0 spiro atoms. The Morgan fingerprint density at radius 1 is 0.867 bits per heavy atom. The molecule has 4 heteroatoms. The predicted octanol–water partition coefficient (Wildman–Crippen LogP) is 6.08. The molecule has 0 radical (unpaired) electrons. The van der Waals surface area contributed by atoms with Crippen LogP contribution in [-0.2, 0) is 16.0 Å². The summed E-state index contributed by atoms with van der Waals surface area (Å²) in [6.45, 7) is 5.65. The molecule has 30 heavy (non-hydrogen) atoms. The number of halogens is 1. The molecule has 0 aliphatic rings. The lowest BCUT2D eigenvalue weighted by molar-refractivity contribution is -0.156. The minimum atomic E-state index is -0.643. The summed E-state index contributed by atoms with van der Waals surface area (Å²) < 4.78 is 6.85. The molecular formula is C26H26INO2. The number of hydrogen-bond acceptors (Lipinski definition) is 3. The Morgan fingerprint density at radius 2 is 1.37 bits per heavy atom. The van der Waals surface area contributed by atoms with Gasteiger partial charge < -0.3 is 4.74 Å². The highest BCUT2D eigenvalue weighted by molar-refractivity contribution is 14.1. The van der Waals surface area contributed by atoms with E-state index >= 15 is 0 Å². The second-order valence-corrected chi connectivity index (χ2v) is 9.22. The van der Waals surface area contributed by atoms with Crippen molar-refractivity contribution < 1.29 is 9.53 Å². The lowest BCUT2D eigenvalue weighted by Gasteiger charge is -2.23. The van der Waals surface area contributed by atoms with E-state index in [0.29, 0.717) is 6.42 Å². The average molecular weight is 511 g/mol. The van der Waals surface area contributed by atoms with Gasteiger partial charge in [-0.2, -0.15) is 0 Å². The number of esters is 1. The van der Waals surface area contributed by atoms with Gasteiger partial charge in [0.25, 0.3) is 0 Å². The molecule has 0 aromatic heterocycles. The molecule has 0 amide bonds. The Hall–Kier alpha value is -2.47. The summed E-state index contributed by atoms with van der Waals surface area (Å²) in [6.07, 6.45) is 0.483. The molecular weight excluding hydrogens is 485 g/mol. The lowest BCUT2D eigenvalue weighted by atomic mass is 10.0. The topological polar surface area (TPSA) is 38.7 Å². The van der Waals surface area contributed by atoms with Crippen LogP contribution in [0.2, 0.25) is 0 Å². The normalized spacial score (nSPS) is 12.1. The van der Waals surface area contributed by atoms with Gasteiger partial charge >= 0.3 is 5.97 Å². The van der Waals surface area contributed by atoms with Crippen molar-refractivity contribution in [2.45, 2.75) is 38.8 Å². The van der Waals surface area contributed by atoms with Crippen LogP contribution in [-0.4, -0.2) is 23.3 Å². The van der Waals surface area contributed by atoms with Gasteiger partial charge in [-0.1, -0.05) is 78.9 Å². The van der Waals surface area contributed by atoms with Crippen LogP contribution in [0.4, 0.5) is 0 Å². The van der Waals surface area contributed by atoms with E-state index in [-0.39, 0.29) is 5.97 Å². The number of benzene rings is 3. The molecule has 0 saturated heterocycles. The first-order chi connectivity index (χ1) is 14.3. The van der Waals surface area contributed by atoms with E-state index in [1.165, 1.54) is 0 Å². The fraction of sp³-hybridized carbons (Fsp3) is 0.231. The number of carbonyl (C=O) groups excluding carboxylic acids is 1. The molecule has 0 N–H and O–H groups in total. The zero-order valence-corrected chi connectivity index (χ0v) is 19.7. The van der Waals surface area contributed by atoms with E-state index in [9.17, 15) is 4.79 Å². The van der Waals surface area contributed by atoms with Crippen LogP contribution in [0.1, 0.15) is 37.5 Å². The molecule has 3 rings (SSSR count). The molecule has 154 valence electrons. The van der Waals surface area contributed by atoms with Gasteiger partial charge in [0, 0.05) is 21.1 Å². The quantitative estimate of drug-likeness (QED) is 0.229. The van der Waals surface area contributed by atoms with Gasteiger partial charge in [-0.3, -0.25) is 4.99 Å². The first-order valence-corrected chi connectivity index (χ1v) is 11.1. The van der Waals surface area contributed by atoms with Crippen molar-refractivity contribution in [1.82, 2.24) is 0 Å². The van der Waals surface area contributed by atoms with Gasteiger partial charge in [-0.15, -0.1) is 0 Å². The van der Waals surface area contributed by atoms with Crippen molar-refractivity contribution in [2.75, 3.05) is 0 Å². The van der Waals surface area contributed by atoms with E-state index in [1.54, 1.807) is 0 Å². The molecule has 0 heterocycles. The fourth-order valence-electron chi connectivity index (χ4n) is 3.09. The summed E-state index contributed by atoms with van der Waals surface area (Å²) in [5, 5.41) is 0. The standard InChI is InChI=1S/C26H26INO2/c1-26(2,3)30-25(29)23(18-21-16-10-11-17-22(21)27)28-24(19-12-6-4-7-13-19)20-14-8-5-9-15-20/h4-17,23H,18H2,1-3H3. The van der Waals surface area contributed by atoms with Crippen LogP contribution in [0.15, 0.2) is 89.9 Å². The van der Waals surface area contributed by atoms with Crippen molar-refractivity contribution in [3.05, 3.63) is 105 Å². The molecule has 0 saturated carbocycles. The maximum Gasteiger partial charge on any atom is 0.331 e. The Labute approximate surface area is 192 Å². The van der Waals surface area contributed by atoms with Crippen LogP contribution in [0, 0.1) is 3.57 Å². The van der Waals surface area contributed by atoms with Crippen LogP contribution in [0.3, 0.4) is 0 Å². The van der Waals surface area contributed by atoms with Gasteiger partial charge in [0.05, 0.1) is 5.71 Å². The number of ether oxygens (including phenoxy) is 1. The SMILES string of the molecule is CC(C)(C)OC(=O)C(Cc1ccccc1I)N=C(c1ccccc1)c1ccccc1. The molecule has 3 nitrogen and oxygen atoms in total. The largest absolute Gasteiger partial charge is 0.458 e. The van der Waals surface area contributed by atoms with Crippen molar-refractivity contribution in [3.8, 4) is 0 Å². The molecule has 3 aromatic rings. The minimum Gasteiger partial charge on any atom is -0.458 e. The molecule has 0 aliphatic heterocycles. The Balaban J connectivity index is 2.08. The van der Waals surface area contributed by atoms with E-state index in [0.717, 1.165) is 26.0 Å². The maximum atomic E-state index is 13.1. The highest BCUT2D eigenvalue weighted by Crippen LogP contribution is 2.20. The highest BCUT2D eigenvalue weighted by Gasteiger charge is 2.26. The summed E-state index contributed by atoms with van der Waals surface area (Å²) >= 11 is 2.30. The van der Waals surface area contributed by atoms with Crippen molar-refractivity contribution >= 4 is 34.3 Å². The summed E-state index contributed by atoms with van der Waals surface area (Å²) in [4.78, 5) is 18.1. The number of carbonyl (C=O) groups is 1. The van der Waals surface area contributed by atoms with Crippen molar-refractivity contribution in [1.29, 1.82) is 0 Å². The van der Waals surface area contributed by atoms with Gasteiger partial charge in [0.15, 0.2) is 6.04 Å². The molecule has 1 unspecified atom stereocenters. The Kier molecular flexibility index (Phi) is 7.43. The van der Waals surface area contributed by atoms with Crippen molar-refractivity contribution in [3.63, 3.8) is 0 Å². The number of nitrogens with zero attached hydrogens (tertiary/aromatic N) is 1. The zero-order chi connectivity index (χ0) is 21.6. The van der Waals surface area contributed by atoms with Crippen LogP contribution >= 0.6 is 22.6 Å². The molecule has 0 bridgehead atoms. The lowest BCUT2D eigenvalue weighted by Crippen LogP contribution is -2.33. The zero-order valence-electron chi connectivity index (χ0n) is 17.5. The molecule has 3 aromatic carbocycles. The van der Waals surface area contributed by atoms with Crippen LogP contribution in [0.25, 0.3) is 0 Å².